The molecule has 1 aromatic carbocycles. The van der Waals surface area contributed by atoms with Crippen LogP contribution in [-0.4, -0.2) is 24.0 Å². The number of nitrogens with two attached hydrogens (primary N) is 1. The molecule has 3 unspecified atom stereocenters. The Balaban J connectivity index is 0.00000180. The number of benzene rings is 1. The minimum Gasteiger partial charge on any atom is -0.330 e. The fourth-order valence-electron chi connectivity index (χ4n) is 3.12. The second-order valence-electron chi connectivity index (χ2n) is 5.36. The van der Waals surface area contributed by atoms with E-state index in [1.54, 1.807) is 12.1 Å². The first-order chi connectivity index (χ1) is 8.65. The number of rotatable bonds is 4. The first kappa shape index (κ1) is 16.4. The van der Waals surface area contributed by atoms with Crippen molar-refractivity contribution in [2.75, 3.05) is 13.1 Å². The van der Waals surface area contributed by atoms with Crippen molar-refractivity contribution in [3.8, 4) is 0 Å². The standard InChI is InChI=1S/C15H23FN2.ClH/c1-3-15(13-4-6-14(16)7-5-13)18-10-12(9-17)8-11(18)2;/h4-7,11-12,15H,3,8-10,17H2,1-2H3;1H. The first-order valence-electron chi connectivity index (χ1n) is 6.87. The minimum atomic E-state index is -0.164. The van der Waals surface area contributed by atoms with E-state index in [0.717, 1.165) is 19.5 Å². The van der Waals surface area contributed by atoms with Crippen LogP contribution in [0.4, 0.5) is 4.39 Å². The molecule has 0 amide bonds. The highest BCUT2D eigenvalue weighted by molar-refractivity contribution is 5.85. The van der Waals surface area contributed by atoms with Gasteiger partial charge in [-0.1, -0.05) is 19.1 Å². The van der Waals surface area contributed by atoms with Gasteiger partial charge in [0.2, 0.25) is 0 Å². The Morgan fingerprint density at radius 1 is 1.37 bits per heavy atom. The molecule has 1 heterocycles. The monoisotopic (exact) mass is 286 g/mol. The summed E-state index contributed by atoms with van der Waals surface area (Å²) >= 11 is 0. The van der Waals surface area contributed by atoms with Gasteiger partial charge < -0.3 is 5.73 Å². The predicted octanol–water partition coefficient (Wildman–Crippen LogP) is 3.37. The van der Waals surface area contributed by atoms with E-state index in [2.05, 4.69) is 18.7 Å². The largest absolute Gasteiger partial charge is 0.330 e. The van der Waals surface area contributed by atoms with Crippen LogP contribution in [0.15, 0.2) is 24.3 Å². The molecule has 0 spiro atoms. The van der Waals surface area contributed by atoms with E-state index < -0.39 is 0 Å². The van der Waals surface area contributed by atoms with E-state index in [9.17, 15) is 4.39 Å². The summed E-state index contributed by atoms with van der Waals surface area (Å²) in [6.45, 7) is 6.28. The van der Waals surface area contributed by atoms with Gasteiger partial charge in [-0.25, -0.2) is 4.39 Å². The Hall–Kier alpha value is -0.640. The molecule has 0 aromatic heterocycles. The van der Waals surface area contributed by atoms with Crippen molar-refractivity contribution < 1.29 is 4.39 Å². The maximum atomic E-state index is 13.0. The van der Waals surface area contributed by atoms with Crippen molar-refractivity contribution in [2.24, 2.45) is 11.7 Å². The molecule has 1 saturated heterocycles. The van der Waals surface area contributed by atoms with Crippen molar-refractivity contribution in [3.63, 3.8) is 0 Å². The average molecular weight is 287 g/mol. The Morgan fingerprint density at radius 2 is 2.00 bits per heavy atom. The van der Waals surface area contributed by atoms with Crippen LogP contribution in [-0.2, 0) is 0 Å². The molecule has 2 N–H and O–H groups in total. The summed E-state index contributed by atoms with van der Waals surface area (Å²) in [5.41, 5.74) is 6.99. The molecule has 3 atom stereocenters. The summed E-state index contributed by atoms with van der Waals surface area (Å²) in [5.74, 6) is 0.442. The summed E-state index contributed by atoms with van der Waals surface area (Å²) < 4.78 is 13.0. The van der Waals surface area contributed by atoms with Crippen LogP contribution >= 0.6 is 12.4 Å². The molecule has 1 aliphatic heterocycles. The first-order valence-corrected chi connectivity index (χ1v) is 6.87. The molecular formula is C15H24ClFN2. The summed E-state index contributed by atoms with van der Waals surface area (Å²) in [7, 11) is 0. The Labute approximate surface area is 121 Å². The van der Waals surface area contributed by atoms with Crippen LogP contribution in [0.3, 0.4) is 0 Å². The molecule has 108 valence electrons. The smallest absolute Gasteiger partial charge is 0.123 e. The van der Waals surface area contributed by atoms with Crippen molar-refractivity contribution in [3.05, 3.63) is 35.6 Å². The lowest BCUT2D eigenvalue weighted by molar-refractivity contribution is 0.182. The molecule has 1 aliphatic rings. The Kier molecular flexibility index (Phi) is 6.24. The van der Waals surface area contributed by atoms with Gasteiger partial charge >= 0.3 is 0 Å². The average Bonchev–Trinajstić information content (AvgIpc) is 2.74. The van der Waals surface area contributed by atoms with Gasteiger partial charge in [0.1, 0.15) is 5.82 Å². The van der Waals surface area contributed by atoms with Gasteiger partial charge in [-0.3, -0.25) is 4.90 Å². The summed E-state index contributed by atoms with van der Waals surface area (Å²) in [6, 6.07) is 7.88. The van der Waals surface area contributed by atoms with Crippen molar-refractivity contribution in [2.45, 2.75) is 38.8 Å². The highest BCUT2D eigenvalue weighted by Gasteiger charge is 2.32. The van der Waals surface area contributed by atoms with E-state index in [1.807, 2.05) is 12.1 Å². The van der Waals surface area contributed by atoms with E-state index in [1.165, 1.54) is 12.0 Å². The molecule has 2 rings (SSSR count). The zero-order valence-electron chi connectivity index (χ0n) is 11.7. The van der Waals surface area contributed by atoms with Crippen molar-refractivity contribution in [1.82, 2.24) is 4.90 Å². The lowest BCUT2D eigenvalue weighted by Gasteiger charge is -2.31. The molecule has 1 fully saturated rings. The van der Waals surface area contributed by atoms with E-state index in [4.69, 9.17) is 5.73 Å². The number of halogens is 2. The highest BCUT2D eigenvalue weighted by Crippen LogP contribution is 2.33. The number of hydrogen-bond donors (Lipinski definition) is 1. The molecule has 0 aliphatic carbocycles. The normalized spacial score (nSPS) is 25.1. The maximum absolute atomic E-state index is 13.0. The van der Waals surface area contributed by atoms with E-state index in [-0.39, 0.29) is 18.2 Å². The van der Waals surface area contributed by atoms with Gasteiger partial charge in [0.15, 0.2) is 0 Å². The van der Waals surface area contributed by atoms with Gasteiger partial charge in [-0.15, -0.1) is 12.4 Å². The van der Waals surface area contributed by atoms with Gasteiger partial charge in [-0.05, 0) is 49.9 Å². The molecule has 1 aromatic rings. The van der Waals surface area contributed by atoms with Crippen molar-refractivity contribution in [1.29, 1.82) is 0 Å². The number of hydrogen-bond acceptors (Lipinski definition) is 2. The predicted molar refractivity (Wildman–Crippen MR) is 80.0 cm³/mol. The Bertz CT molecular complexity index is 382. The van der Waals surface area contributed by atoms with Crippen LogP contribution in [0, 0.1) is 11.7 Å². The fraction of sp³-hybridized carbons (Fsp3) is 0.600. The van der Waals surface area contributed by atoms with Crippen LogP contribution in [0.1, 0.15) is 38.3 Å². The fourth-order valence-corrected chi connectivity index (χ4v) is 3.12. The van der Waals surface area contributed by atoms with Crippen LogP contribution in [0.2, 0.25) is 0 Å². The second kappa shape index (κ2) is 7.22. The highest BCUT2D eigenvalue weighted by atomic mass is 35.5. The van der Waals surface area contributed by atoms with Crippen LogP contribution < -0.4 is 5.73 Å². The molecule has 0 bridgehead atoms. The van der Waals surface area contributed by atoms with Gasteiger partial charge in [0.25, 0.3) is 0 Å². The lowest BCUT2D eigenvalue weighted by atomic mass is 10.0. The SMILES string of the molecule is CCC(c1ccc(F)cc1)N1CC(CN)CC1C.Cl. The third kappa shape index (κ3) is 3.68. The molecule has 19 heavy (non-hydrogen) atoms. The summed E-state index contributed by atoms with van der Waals surface area (Å²) in [4.78, 5) is 2.52. The quantitative estimate of drug-likeness (QED) is 0.919. The maximum Gasteiger partial charge on any atom is 0.123 e. The van der Waals surface area contributed by atoms with E-state index >= 15 is 0 Å². The van der Waals surface area contributed by atoms with Crippen LogP contribution in [0.5, 0.6) is 0 Å². The Morgan fingerprint density at radius 3 is 2.47 bits per heavy atom. The van der Waals surface area contributed by atoms with Gasteiger partial charge in [0.05, 0.1) is 0 Å². The zero-order valence-corrected chi connectivity index (χ0v) is 12.5. The van der Waals surface area contributed by atoms with Gasteiger partial charge in [0, 0.05) is 18.6 Å². The van der Waals surface area contributed by atoms with Crippen molar-refractivity contribution >= 4 is 12.4 Å². The number of likely N-dealkylation sites (tertiary alicyclic amines) is 1. The molecule has 2 nitrogen and oxygen atoms in total. The minimum absolute atomic E-state index is 0. The topological polar surface area (TPSA) is 29.3 Å². The van der Waals surface area contributed by atoms with Gasteiger partial charge in [-0.2, -0.15) is 0 Å². The van der Waals surface area contributed by atoms with Crippen LogP contribution in [0.25, 0.3) is 0 Å². The third-order valence-electron chi connectivity index (χ3n) is 4.08. The molecule has 0 radical (unpaired) electrons. The second-order valence-corrected chi connectivity index (χ2v) is 5.36. The molecular weight excluding hydrogens is 263 g/mol. The zero-order chi connectivity index (χ0) is 13.1. The van der Waals surface area contributed by atoms with E-state index in [0.29, 0.717) is 18.0 Å². The summed E-state index contributed by atoms with van der Waals surface area (Å²) in [6.07, 6.45) is 2.22. The summed E-state index contributed by atoms with van der Waals surface area (Å²) in [5, 5.41) is 0. The third-order valence-corrected chi connectivity index (χ3v) is 4.08. The lowest BCUT2D eigenvalue weighted by Crippen LogP contribution is -2.32. The molecule has 0 saturated carbocycles. The number of nitrogens with zero attached hydrogens (tertiary/aromatic N) is 1. The molecule has 4 heteroatoms.